The Bertz CT molecular complexity index is 851. The monoisotopic (exact) mass is 376 g/mol. The van der Waals surface area contributed by atoms with Gasteiger partial charge in [-0.15, -0.1) is 0 Å². The van der Waals surface area contributed by atoms with Crippen LogP contribution in [0.1, 0.15) is 28.4 Å². The first-order valence-corrected chi connectivity index (χ1v) is 9.76. The third-order valence-corrected chi connectivity index (χ3v) is 5.39. The van der Waals surface area contributed by atoms with Gasteiger partial charge in [0.25, 0.3) is 5.91 Å². The van der Waals surface area contributed by atoms with Crippen LogP contribution in [-0.4, -0.2) is 34.1 Å². The molecule has 2 aromatic rings. The van der Waals surface area contributed by atoms with Gasteiger partial charge in [0.1, 0.15) is 0 Å². The number of benzene rings is 2. The minimum atomic E-state index is -3.74. The summed E-state index contributed by atoms with van der Waals surface area (Å²) in [5, 5.41) is 2.77. The molecule has 0 aliphatic rings. The Kier molecular flexibility index (Phi) is 6.90. The number of hydrogen-bond donors (Lipinski definition) is 2. The van der Waals surface area contributed by atoms with Crippen molar-refractivity contribution < 1.29 is 17.9 Å². The van der Waals surface area contributed by atoms with Crippen LogP contribution in [0, 0.1) is 6.92 Å². The molecular weight excluding hydrogens is 352 g/mol. The SMILES string of the molecule is COC[C@@H](C)NC(=O)c1ccc(C)c(S(=O)(=O)NCc2ccccc2)c1. The van der Waals surface area contributed by atoms with E-state index >= 15 is 0 Å². The van der Waals surface area contributed by atoms with E-state index in [4.69, 9.17) is 4.74 Å². The van der Waals surface area contributed by atoms with Crippen LogP contribution in [0.15, 0.2) is 53.4 Å². The van der Waals surface area contributed by atoms with Crippen molar-refractivity contribution in [2.75, 3.05) is 13.7 Å². The molecular formula is C19H24N2O4S. The van der Waals surface area contributed by atoms with Gasteiger partial charge in [-0.25, -0.2) is 13.1 Å². The largest absolute Gasteiger partial charge is 0.383 e. The maximum absolute atomic E-state index is 12.7. The summed E-state index contributed by atoms with van der Waals surface area (Å²) in [6.45, 7) is 4.08. The lowest BCUT2D eigenvalue weighted by atomic mass is 10.1. The molecule has 7 heteroatoms. The predicted molar refractivity (Wildman–Crippen MR) is 100 cm³/mol. The number of hydrogen-bond acceptors (Lipinski definition) is 4. The quantitative estimate of drug-likeness (QED) is 0.740. The summed E-state index contributed by atoms with van der Waals surface area (Å²) in [6, 6.07) is 13.7. The highest BCUT2D eigenvalue weighted by Crippen LogP contribution is 2.18. The maximum Gasteiger partial charge on any atom is 0.251 e. The average Bonchev–Trinajstić information content (AvgIpc) is 2.61. The first-order valence-electron chi connectivity index (χ1n) is 8.27. The Hall–Kier alpha value is -2.22. The number of sulfonamides is 1. The van der Waals surface area contributed by atoms with Crippen LogP contribution in [0.3, 0.4) is 0 Å². The molecule has 0 saturated heterocycles. The van der Waals surface area contributed by atoms with Gasteiger partial charge in [0.05, 0.1) is 11.5 Å². The molecule has 0 heterocycles. The summed E-state index contributed by atoms with van der Waals surface area (Å²) in [5.74, 6) is -0.339. The fourth-order valence-corrected chi connectivity index (χ4v) is 3.77. The number of nitrogens with one attached hydrogen (secondary N) is 2. The maximum atomic E-state index is 12.7. The van der Waals surface area contributed by atoms with E-state index in [2.05, 4.69) is 10.0 Å². The highest BCUT2D eigenvalue weighted by molar-refractivity contribution is 7.89. The Labute approximate surface area is 154 Å². The highest BCUT2D eigenvalue weighted by atomic mass is 32.2. The van der Waals surface area contributed by atoms with Crippen molar-refractivity contribution in [1.29, 1.82) is 0 Å². The van der Waals surface area contributed by atoms with Crippen LogP contribution in [0.25, 0.3) is 0 Å². The van der Waals surface area contributed by atoms with Crippen LogP contribution < -0.4 is 10.0 Å². The molecule has 0 aliphatic carbocycles. The van der Waals surface area contributed by atoms with Crippen LogP contribution in [0.4, 0.5) is 0 Å². The number of aryl methyl sites for hydroxylation is 1. The average molecular weight is 376 g/mol. The molecule has 0 saturated carbocycles. The molecule has 0 unspecified atom stereocenters. The topological polar surface area (TPSA) is 84.5 Å². The van der Waals surface area contributed by atoms with Gasteiger partial charge in [0, 0.05) is 25.3 Å². The first kappa shape index (κ1) is 20.1. The van der Waals surface area contributed by atoms with Gasteiger partial charge < -0.3 is 10.1 Å². The fraction of sp³-hybridized carbons (Fsp3) is 0.316. The lowest BCUT2D eigenvalue weighted by Gasteiger charge is -2.14. The number of amides is 1. The van der Waals surface area contributed by atoms with Gasteiger partial charge in [-0.2, -0.15) is 0 Å². The van der Waals surface area contributed by atoms with Crippen molar-refractivity contribution >= 4 is 15.9 Å². The predicted octanol–water partition coefficient (Wildman–Crippen LogP) is 2.24. The molecule has 1 amide bonds. The third-order valence-electron chi connectivity index (χ3n) is 3.84. The molecule has 1 atom stereocenters. The van der Waals surface area contributed by atoms with E-state index in [0.29, 0.717) is 17.7 Å². The van der Waals surface area contributed by atoms with Crippen molar-refractivity contribution in [3.63, 3.8) is 0 Å². The van der Waals surface area contributed by atoms with Crippen molar-refractivity contribution in [2.45, 2.75) is 31.3 Å². The molecule has 2 rings (SSSR count). The van der Waals surface area contributed by atoms with Gasteiger partial charge in [-0.3, -0.25) is 4.79 Å². The molecule has 26 heavy (non-hydrogen) atoms. The van der Waals surface area contributed by atoms with Crippen LogP contribution in [-0.2, 0) is 21.3 Å². The second-order valence-electron chi connectivity index (χ2n) is 6.12. The molecule has 0 aromatic heterocycles. The lowest BCUT2D eigenvalue weighted by molar-refractivity contribution is 0.0905. The number of carbonyl (C=O) groups excluding carboxylic acids is 1. The molecule has 0 aliphatic heterocycles. The van der Waals surface area contributed by atoms with E-state index in [9.17, 15) is 13.2 Å². The van der Waals surface area contributed by atoms with Crippen molar-refractivity contribution in [1.82, 2.24) is 10.0 Å². The van der Waals surface area contributed by atoms with E-state index in [0.717, 1.165) is 5.56 Å². The lowest BCUT2D eigenvalue weighted by Crippen LogP contribution is -2.35. The number of ether oxygens (including phenoxy) is 1. The van der Waals surface area contributed by atoms with Crippen molar-refractivity contribution in [3.05, 3.63) is 65.2 Å². The van der Waals surface area contributed by atoms with Gasteiger partial charge in [-0.05, 0) is 37.1 Å². The van der Waals surface area contributed by atoms with Gasteiger partial charge in [0.2, 0.25) is 10.0 Å². The van der Waals surface area contributed by atoms with Crippen LogP contribution in [0.2, 0.25) is 0 Å². The van der Waals surface area contributed by atoms with Gasteiger partial charge >= 0.3 is 0 Å². The third kappa shape index (κ3) is 5.39. The summed E-state index contributed by atoms with van der Waals surface area (Å²) >= 11 is 0. The molecule has 6 nitrogen and oxygen atoms in total. The van der Waals surface area contributed by atoms with Gasteiger partial charge in [0.15, 0.2) is 0 Å². The molecule has 0 radical (unpaired) electrons. The van der Waals surface area contributed by atoms with E-state index in [1.165, 1.54) is 6.07 Å². The minimum Gasteiger partial charge on any atom is -0.383 e. The fourth-order valence-electron chi connectivity index (χ4n) is 2.48. The molecule has 0 spiro atoms. The van der Waals surface area contributed by atoms with E-state index in [1.54, 1.807) is 26.2 Å². The van der Waals surface area contributed by atoms with E-state index < -0.39 is 10.0 Å². The Morgan fingerprint density at radius 3 is 2.50 bits per heavy atom. The molecule has 140 valence electrons. The summed E-state index contributed by atoms with van der Waals surface area (Å²) in [7, 11) is -2.19. The summed E-state index contributed by atoms with van der Waals surface area (Å²) < 4.78 is 32.9. The van der Waals surface area contributed by atoms with Crippen LogP contribution in [0.5, 0.6) is 0 Å². The smallest absolute Gasteiger partial charge is 0.251 e. The van der Waals surface area contributed by atoms with E-state index in [1.807, 2.05) is 37.3 Å². The van der Waals surface area contributed by atoms with Crippen LogP contribution >= 0.6 is 0 Å². The zero-order chi connectivity index (χ0) is 19.2. The summed E-state index contributed by atoms with van der Waals surface area (Å²) in [4.78, 5) is 12.4. The number of carbonyl (C=O) groups is 1. The summed E-state index contributed by atoms with van der Waals surface area (Å²) in [6.07, 6.45) is 0. The number of rotatable bonds is 8. The van der Waals surface area contributed by atoms with E-state index in [-0.39, 0.29) is 23.4 Å². The standard InChI is InChI=1S/C19H24N2O4S/c1-14-9-10-17(19(22)21-15(2)13-25-3)11-18(14)26(23,24)20-12-16-7-5-4-6-8-16/h4-11,15,20H,12-13H2,1-3H3,(H,21,22)/t15-/m1/s1. The van der Waals surface area contributed by atoms with Crippen molar-refractivity contribution in [3.8, 4) is 0 Å². The Balaban J connectivity index is 2.18. The minimum absolute atomic E-state index is 0.0977. The second-order valence-corrected chi connectivity index (χ2v) is 7.86. The number of methoxy groups -OCH3 is 1. The molecule has 2 N–H and O–H groups in total. The zero-order valence-electron chi connectivity index (χ0n) is 15.2. The molecule has 0 bridgehead atoms. The van der Waals surface area contributed by atoms with Crippen molar-refractivity contribution in [2.24, 2.45) is 0 Å². The highest BCUT2D eigenvalue weighted by Gasteiger charge is 2.19. The van der Waals surface area contributed by atoms with Gasteiger partial charge in [-0.1, -0.05) is 36.4 Å². The Morgan fingerprint density at radius 2 is 1.85 bits per heavy atom. The zero-order valence-corrected chi connectivity index (χ0v) is 16.0. The molecule has 2 aromatic carbocycles. The second kappa shape index (κ2) is 8.93. The molecule has 0 fully saturated rings. The Morgan fingerprint density at radius 1 is 1.15 bits per heavy atom. The normalized spacial score (nSPS) is 12.6. The first-order chi connectivity index (χ1) is 12.3. The summed E-state index contributed by atoms with van der Waals surface area (Å²) in [5.41, 5.74) is 1.72.